The predicted octanol–water partition coefficient (Wildman–Crippen LogP) is 1.58. The number of hydrogen-bond acceptors (Lipinski definition) is 2. The van der Waals surface area contributed by atoms with Crippen LogP contribution in [0.2, 0.25) is 0 Å². The minimum Gasteiger partial charge on any atom is -0.338 e. The normalized spacial score (nSPS) is 21.7. The molecule has 1 atom stereocenters. The lowest BCUT2D eigenvalue weighted by molar-refractivity contribution is -0.132. The number of urea groups is 1. The van der Waals surface area contributed by atoms with Crippen LogP contribution in [0.5, 0.6) is 0 Å². The lowest BCUT2D eigenvalue weighted by Gasteiger charge is -2.29. The topological polar surface area (TPSA) is 44.4 Å². The van der Waals surface area contributed by atoms with Crippen molar-refractivity contribution >= 4 is 6.03 Å². The van der Waals surface area contributed by atoms with Crippen LogP contribution in [0.4, 0.5) is 18.0 Å². The van der Waals surface area contributed by atoms with E-state index in [1.807, 2.05) is 7.05 Å². The molecule has 0 saturated carbocycles. The Morgan fingerprint density at radius 1 is 1.39 bits per heavy atom. The number of rotatable bonds is 4. The lowest BCUT2D eigenvalue weighted by atomic mass is 9.99. The Labute approximate surface area is 105 Å². The van der Waals surface area contributed by atoms with Gasteiger partial charge in [0.25, 0.3) is 0 Å². The Morgan fingerprint density at radius 2 is 2.11 bits per heavy atom. The van der Waals surface area contributed by atoms with Crippen LogP contribution in [0.3, 0.4) is 0 Å². The summed E-state index contributed by atoms with van der Waals surface area (Å²) in [5.41, 5.74) is 0. The molecule has 0 aliphatic carbocycles. The van der Waals surface area contributed by atoms with Gasteiger partial charge in [-0.3, -0.25) is 0 Å². The fourth-order valence-electron chi connectivity index (χ4n) is 2.06. The number of amides is 2. The van der Waals surface area contributed by atoms with Gasteiger partial charge in [-0.1, -0.05) is 0 Å². The number of likely N-dealkylation sites (tertiary alicyclic amines) is 1. The number of halogens is 3. The van der Waals surface area contributed by atoms with Gasteiger partial charge in [0.05, 0.1) is 6.42 Å². The summed E-state index contributed by atoms with van der Waals surface area (Å²) >= 11 is 0. The molecular formula is C11H20F3N3O. The number of nitrogens with zero attached hydrogens (tertiary/aromatic N) is 1. The summed E-state index contributed by atoms with van der Waals surface area (Å²) in [7, 11) is 2.02. The van der Waals surface area contributed by atoms with Crippen molar-refractivity contribution < 1.29 is 18.0 Å². The molecule has 1 rings (SSSR count). The molecule has 7 heteroatoms. The average Bonchev–Trinajstić information content (AvgIpc) is 2.25. The Morgan fingerprint density at radius 3 is 2.72 bits per heavy atom. The van der Waals surface area contributed by atoms with Crippen LogP contribution in [-0.2, 0) is 0 Å². The van der Waals surface area contributed by atoms with Crippen molar-refractivity contribution in [3.05, 3.63) is 0 Å². The first-order valence-corrected chi connectivity index (χ1v) is 6.14. The third kappa shape index (κ3) is 6.68. The summed E-state index contributed by atoms with van der Waals surface area (Å²) in [6.07, 6.45) is -3.07. The van der Waals surface area contributed by atoms with Crippen LogP contribution in [0.1, 0.15) is 19.3 Å². The zero-order chi connectivity index (χ0) is 13.6. The highest BCUT2D eigenvalue weighted by atomic mass is 19.4. The maximum Gasteiger partial charge on any atom is 0.390 e. The standard InChI is InChI=1S/C11H20F3N3O/c1-17-6-2-3-9(8-17)7-16-10(18)15-5-4-11(12,13)14/h9H,2-8H2,1H3,(H2,15,16,18)/t9-/m0/s1. The van der Waals surface area contributed by atoms with Crippen LogP contribution < -0.4 is 10.6 Å². The molecule has 1 aliphatic heterocycles. The first kappa shape index (κ1) is 15.1. The molecule has 4 nitrogen and oxygen atoms in total. The Kier molecular flexibility index (Phi) is 5.71. The zero-order valence-corrected chi connectivity index (χ0v) is 10.5. The molecule has 18 heavy (non-hydrogen) atoms. The van der Waals surface area contributed by atoms with Crippen LogP contribution in [0, 0.1) is 5.92 Å². The van der Waals surface area contributed by atoms with Crippen LogP contribution >= 0.6 is 0 Å². The summed E-state index contributed by atoms with van der Waals surface area (Å²) in [5.74, 6) is 0.386. The third-order valence-corrected chi connectivity index (χ3v) is 2.97. The summed E-state index contributed by atoms with van der Waals surface area (Å²) in [4.78, 5) is 13.4. The van der Waals surface area contributed by atoms with Gasteiger partial charge in [-0.05, 0) is 32.4 Å². The molecule has 2 amide bonds. The van der Waals surface area contributed by atoms with E-state index in [4.69, 9.17) is 0 Å². The van der Waals surface area contributed by atoms with Gasteiger partial charge in [-0.2, -0.15) is 13.2 Å². The van der Waals surface area contributed by atoms with E-state index in [2.05, 4.69) is 15.5 Å². The second-order valence-electron chi connectivity index (χ2n) is 4.77. The third-order valence-electron chi connectivity index (χ3n) is 2.97. The smallest absolute Gasteiger partial charge is 0.338 e. The molecule has 0 aromatic carbocycles. The molecule has 0 aromatic rings. The summed E-state index contributed by atoms with van der Waals surface area (Å²) in [6.45, 7) is 2.12. The average molecular weight is 267 g/mol. The van der Waals surface area contributed by atoms with Crippen molar-refractivity contribution in [2.45, 2.75) is 25.4 Å². The number of hydrogen-bond donors (Lipinski definition) is 2. The van der Waals surface area contributed by atoms with Gasteiger partial charge in [0.1, 0.15) is 0 Å². The van der Waals surface area contributed by atoms with E-state index in [9.17, 15) is 18.0 Å². The SMILES string of the molecule is CN1CCC[C@@H](CNC(=O)NCCC(F)(F)F)C1. The van der Waals surface area contributed by atoms with E-state index < -0.39 is 18.6 Å². The van der Waals surface area contributed by atoms with E-state index >= 15 is 0 Å². The van der Waals surface area contributed by atoms with Crippen LogP contribution in [0.25, 0.3) is 0 Å². The fourth-order valence-corrected chi connectivity index (χ4v) is 2.06. The van der Waals surface area contributed by atoms with E-state index in [-0.39, 0.29) is 6.54 Å². The van der Waals surface area contributed by atoms with Gasteiger partial charge in [0, 0.05) is 19.6 Å². The highest BCUT2D eigenvalue weighted by Crippen LogP contribution is 2.18. The number of carbonyl (C=O) groups excluding carboxylic acids is 1. The van der Waals surface area contributed by atoms with Gasteiger partial charge in [-0.25, -0.2) is 4.79 Å². The molecule has 2 N–H and O–H groups in total. The monoisotopic (exact) mass is 267 g/mol. The number of alkyl halides is 3. The highest BCUT2D eigenvalue weighted by molar-refractivity contribution is 5.73. The number of carbonyl (C=O) groups is 1. The Bertz CT molecular complexity index is 271. The largest absolute Gasteiger partial charge is 0.390 e. The second kappa shape index (κ2) is 6.82. The van der Waals surface area contributed by atoms with Crippen LogP contribution in [0.15, 0.2) is 0 Å². The van der Waals surface area contributed by atoms with Gasteiger partial charge < -0.3 is 15.5 Å². The molecule has 1 fully saturated rings. The first-order chi connectivity index (χ1) is 8.37. The maximum absolute atomic E-state index is 11.8. The fraction of sp³-hybridized carbons (Fsp3) is 0.909. The number of nitrogens with one attached hydrogen (secondary N) is 2. The van der Waals surface area contributed by atoms with E-state index in [0.717, 1.165) is 25.9 Å². The Balaban J connectivity index is 2.09. The van der Waals surface area contributed by atoms with Gasteiger partial charge in [-0.15, -0.1) is 0 Å². The van der Waals surface area contributed by atoms with Gasteiger partial charge in [0.15, 0.2) is 0 Å². The van der Waals surface area contributed by atoms with Crippen molar-refractivity contribution in [3.8, 4) is 0 Å². The summed E-state index contributed by atoms with van der Waals surface area (Å²) in [6, 6.07) is -0.521. The predicted molar refractivity (Wildman–Crippen MR) is 62.3 cm³/mol. The summed E-state index contributed by atoms with van der Waals surface area (Å²) < 4.78 is 35.5. The lowest BCUT2D eigenvalue weighted by Crippen LogP contribution is -2.43. The highest BCUT2D eigenvalue weighted by Gasteiger charge is 2.26. The molecule has 0 spiro atoms. The van der Waals surface area contributed by atoms with Crippen molar-refractivity contribution in [2.24, 2.45) is 5.92 Å². The minimum absolute atomic E-state index is 0.375. The molecule has 106 valence electrons. The first-order valence-electron chi connectivity index (χ1n) is 6.14. The van der Waals surface area contributed by atoms with Crippen molar-refractivity contribution in [3.63, 3.8) is 0 Å². The molecule has 1 aliphatic rings. The quantitative estimate of drug-likeness (QED) is 0.812. The van der Waals surface area contributed by atoms with Gasteiger partial charge in [0.2, 0.25) is 0 Å². The molecular weight excluding hydrogens is 247 g/mol. The van der Waals surface area contributed by atoms with Gasteiger partial charge >= 0.3 is 12.2 Å². The van der Waals surface area contributed by atoms with E-state index in [1.165, 1.54) is 0 Å². The van der Waals surface area contributed by atoms with Crippen LogP contribution in [-0.4, -0.2) is 50.3 Å². The molecule has 0 aromatic heterocycles. The number of piperidine rings is 1. The zero-order valence-electron chi connectivity index (χ0n) is 10.5. The molecule has 0 unspecified atom stereocenters. The molecule has 0 radical (unpaired) electrons. The Hall–Kier alpha value is -0.980. The second-order valence-corrected chi connectivity index (χ2v) is 4.77. The van der Waals surface area contributed by atoms with E-state index in [0.29, 0.717) is 12.5 Å². The molecule has 1 heterocycles. The van der Waals surface area contributed by atoms with Crippen molar-refractivity contribution in [1.29, 1.82) is 0 Å². The minimum atomic E-state index is -4.22. The van der Waals surface area contributed by atoms with E-state index in [1.54, 1.807) is 0 Å². The molecule has 0 bridgehead atoms. The summed E-state index contributed by atoms with van der Waals surface area (Å²) in [5, 5.41) is 4.82. The van der Waals surface area contributed by atoms with Crippen molar-refractivity contribution in [1.82, 2.24) is 15.5 Å². The van der Waals surface area contributed by atoms with Crippen molar-refractivity contribution in [2.75, 3.05) is 33.2 Å². The molecule has 1 saturated heterocycles. The maximum atomic E-state index is 11.8.